The molecule has 1 aliphatic rings. The summed E-state index contributed by atoms with van der Waals surface area (Å²) in [4.78, 5) is 32.3. The highest BCUT2D eigenvalue weighted by atomic mass is 16.5. The number of rotatable bonds is 5. The Bertz CT molecular complexity index is 613. The third-order valence-electron chi connectivity index (χ3n) is 3.68. The number of carbonyl (C=O) groups is 3. The summed E-state index contributed by atoms with van der Waals surface area (Å²) in [6.07, 6.45) is 4.61. The zero-order chi connectivity index (χ0) is 19.5. The minimum Gasteiger partial charge on any atom is -0.508 e. The van der Waals surface area contributed by atoms with Crippen LogP contribution in [0.1, 0.15) is 36.0 Å². The number of ether oxygens (including phenoxy) is 1. The maximum Gasteiger partial charge on any atom is 0.414 e. The highest BCUT2D eigenvalue weighted by Crippen LogP contribution is 2.23. The Morgan fingerprint density at radius 1 is 1.00 bits per heavy atom. The van der Waals surface area contributed by atoms with E-state index in [1.54, 1.807) is 0 Å². The summed E-state index contributed by atoms with van der Waals surface area (Å²) in [7, 11) is 0. The van der Waals surface area contributed by atoms with Crippen molar-refractivity contribution in [2.75, 3.05) is 26.2 Å². The molecule has 1 aromatic carbocycles. The van der Waals surface area contributed by atoms with E-state index in [9.17, 15) is 9.90 Å². The van der Waals surface area contributed by atoms with Gasteiger partial charge in [0.1, 0.15) is 17.1 Å². The number of phenols is 2. The summed E-state index contributed by atoms with van der Waals surface area (Å²) in [6, 6.07) is 3.84. The van der Waals surface area contributed by atoms with Gasteiger partial charge in [-0.1, -0.05) is 6.42 Å². The van der Waals surface area contributed by atoms with Crippen LogP contribution in [0.3, 0.4) is 0 Å². The molecular weight excluding hydrogens is 346 g/mol. The molecule has 0 aromatic heterocycles. The van der Waals surface area contributed by atoms with Gasteiger partial charge >= 0.3 is 17.9 Å². The first-order valence-corrected chi connectivity index (χ1v) is 8.19. The number of likely N-dealkylation sites (tertiary alicyclic amines) is 1. The van der Waals surface area contributed by atoms with Crippen molar-refractivity contribution in [3.05, 3.63) is 23.8 Å². The molecule has 1 heterocycles. The number of hydrogen-bond acceptors (Lipinski definition) is 7. The third-order valence-corrected chi connectivity index (χ3v) is 3.68. The lowest BCUT2D eigenvalue weighted by Crippen LogP contribution is -2.31. The van der Waals surface area contributed by atoms with Crippen LogP contribution in [0.2, 0.25) is 0 Å². The van der Waals surface area contributed by atoms with Crippen molar-refractivity contribution in [2.24, 2.45) is 0 Å². The van der Waals surface area contributed by atoms with E-state index >= 15 is 0 Å². The number of benzene rings is 1. The lowest BCUT2D eigenvalue weighted by Gasteiger charge is -2.26. The number of hydrogen-bond donors (Lipinski definition) is 4. The number of carboxylic acid groups (broad SMARTS) is 2. The standard InChI is InChI=1S/C15H21NO4.C2H2O4/c17-12-5-6-13(14(18)11-12)15(19)20-10-4-9-16-7-2-1-3-8-16;3-1(4)2(5)6/h5-6,11,17-18H,1-4,7-10H2;(H,3,4)(H,5,6). The molecule has 26 heavy (non-hydrogen) atoms. The second-order valence-electron chi connectivity index (χ2n) is 5.70. The van der Waals surface area contributed by atoms with Gasteiger partial charge in [-0.3, -0.25) is 0 Å². The number of aliphatic carboxylic acids is 2. The molecule has 0 radical (unpaired) electrons. The van der Waals surface area contributed by atoms with Crippen LogP contribution >= 0.6 is 0 Å². The molecule has 0 bridgehead atoms. The monoisotopic (exact) mass is 369 g/mol. The minimum absolute atomic E-state index is 0.0795. The Kier molecular flexibility index (Phi) is 8.93. The smallest absolute Gasteiger partial charge is 0.414 e. The number of piperidine rings is 1. The number of phenolic OH excluding ortho intramolecular Hbond substituents is 2. The molecule has 0 spiro atoms. The van der Waals surface area contributed by atoms with Crippen LogP contribution in [-0.4, -0.2) is 69.5 Å². The molecule has 0 amide bonds. The van der Waals surface area contributed by atoms with Gasteiger partial charge in [0.05, 0.1) is 6.61 Å². The Labute approximate surface area is 150 Å². The third kappa shape index (κ3) is 7.84. The van der Waals surface area contributed by atoms with E-state index in [0.29, 0.717) is 6.61 Å². The zero-order valence-electron chi connectivity index (χ0n) is 14.3. The van der Waals surface area contributed by atoms with Crippen molar-refractivity contribution in [1.29, 1.82) is 0 Å². The van der Waals surface area contributed by atoms with Crippen LogP contribution in [0.4, 0.5) is 0 Å². The molecule has 0 saturated carbocycles. The molecular formula is C17H23NO8. The van der Waals surface area contributed by atoms with Crippen molar-refractivity contribution in [1.82, 2.24) is 4.90 Å². The van der Waals surface area contributed by atoms with Gasteiger partial charge < -0.3 is 30.1 Å². The second-order valence-corrected chi connectivity index (χ2v) is 5.70. The average molecular weight is 369 g/mol. The van der Waals surface area contributed by atoms with Gasteiger partial charge in [-0.2, -0.15) is 0 Å². The largest absolute Gasteiger partial charge is 0.508 e. The molecule has 1 saturated heterocycles. The predicted octanol–water partition coefficient (Wildman–Crippen LogP) is 1.29. The highest BCUT2D eigenvalue weighted by molar-refractivity contribution is 6.27. The molecule has 1 aromatic rings. The van der Waals surface area contributed by atoms with Crippen LogP contribution in [0.5, 0.6) is 11.5 Å². The first-order valence-electron chi connectivity index (χ1n) is 8.19. The lowest BCUT2D eigenvalue weighted by atomic mass is 10.1. The number of esters is 1. The molecule has 2 rings (SSSR count). The van der Waals surface area contributed by atoms with Gasteiger partial charge in [-0.15, -0.1) is 0 Å². The van der Waals surface area contributed by atoms with Gasteiger partial charge in [0.25, 0.3) is 0 Å². The van der Waals surface area contributed by atoms with E-state index in [-0.39, 0.29) is 17.1 Å². The minimum atomic E-state index is -1.82. The summed E-state index contributed by atoms with van der Waals surface area (Å²) >= 11 is 0. The summed E-state index contributed by atoms with van der Waals surface area (Å²) in [5, 5.41) is 33.5. The van der Waals surface area contributed by atoms with Gasteiger partial charge in [0.15, 0.2) is 0 Å². The fourth-order valence-electron chi connectivity index (χ4n) is 2.41. The average Bonchev–Trinajstić information content (AvgIpc) is 2.60. The Morgan fingerprint density at radius 3 is 2.15 bits per heavy atom. The van der Waals surface area contributed by atoms with Gasteiger partial charge in [0.2, 0.25) is 0 Å². The van der Waals surface area contributed by atoms with E-state index in [1.165, 1.54) is 31.4 Å². The van der Waals surface area contributed by atoms with E-state index in [0.717, 1.165) is 32.1 Å². The van der Waals surface area contributed by atoms with E-state index in [2.05, 4.69) is 4.90 Å². The predicted molar refractivity (Wildman–Crippen MR) is 90.2 cm³/mol. The van der Waals surface area contributed by atoms with Crippen LogP contribution < -0.4 is 0 Å². The van der Waals surface area contributed by atoms with Crippen LogP contribution in [0.15, 0.2) is 18.2 Å². The normalized spacial score (nSPS) is 14.0. The molecule has 144 valence electrons. The number of carbonyl (C=O) groups excluding carboxylic acids is 1. The fourth-order valence-corrected chi connectivity index (χ4v) is 2.41. The first kappa shape index (κ1) is 21.2. The van der Waals surface area contributed by atoms with Crippen LogP contribution in [0, 0.1) is 0 Å². The molecule has 0 unspecified atom stereocenters. The quantitative estimate of drug-likeness (QED) is 0.342. The van der Waals surface area contributed by atoms with Crippen molar-refractivity contribution in [3.63, 3.8) is 0 Å². The summed E-state index contributed by atoms with van der Waals surface area (Å²) in [5.41, 5.74) is 0.0840. The van der Waals surface area contributed by atoms with E-state index in [1.807, 2.05) is 0 Å². The number of aromatic hydroxyl groups is 2. The summed E-state index contributed by atoms with van der Waals surface area (Å²) in [5.74, 6) is -4.54. The SMILES string of the molecule is O=C(O)C(=O)O.O=C(OCCCN1CCCCC1)c1ccc(O)cc1O. The maximum atomic E-state index is 11.8. The van der Waals surface area contributed by atoms with Crippen molar-refractivity contribution in [2.45, 2.75) is 25.7 Å². The highest BCUT2D eigenvalue weighted by Gasteiger charge is 2.14. The zero-order valence-corrected chi connectivity index (χ0v) is 14.3. The Balaban J connectivity index is 0.000000487. The number of nitrogens with zero attached hydrogens (tertiary/aromatic N) is 1. The Hall–Kier alpha value is -2.81. The van der Waals surface area contributed by atoms with Gasteiger partial charge in [0, 0.05) is 12.6 Å². The van der Waals surface area contributed by atoms with Gasteiger partial charge in [-0.25, -0.2) is 14.4 Å². The topological polar surface area (TPSA) is 145 Å². The fraction of sp³-hybridized carbons (Fsp3) is 0.471. The molecule has 0 aliphatic carbocycles. The van der Waals surface area contributed by atoms with Gasteiger partial charge in [-0.05, 0) is 44.5 Å². The van der Waals surface area contributed by atoms with Crippen molar-refractivity contribution >= 4 is 17.9 Å². The second kappa shape index (κ2) is 10.9. The van der Waals surface area contributed by atoms with Crippen LogP contribution in [0.25, 0.3) is 0 Å². The number of carboxylic acids is 2. The summed E-state index contributed by atoms with van der Waals surface area (Å²) < 4.78 is 5.13. The molecule has 1 fully saturated rings. The van der Waals surface area contributed by atoms with Crippen LogP contribution in [-0.2, 0) is 14.3 Å². The molecule has 9 nitrogen and oxygen atoms in total. The van der Waals surface area contributed by atoms with Crippen molar-refractivity contribution < 1.29 is 39.5 Å². The van der Waals surface area contributed by atoms with Crippen molar-refractivity contribution in [3.8, 4) is 11.5 Å². The molecule has 4 N–H and O–H groups in total. The van der Waals surface area contributed by atoms with E-state index < -0.39 is 17.9 Å². The summed E-state index contributed by atoms with van der Waals surface area (Å²) in [6.45, 7) is 3.55. The Morgan fingerprint density at radius 2 is 1.62 bits per heavy atom. The lowest BCUT2D eigenvalue weighted by molar-refractivity contribution is -0.159. The maximum absolute atomic E-state index is 11.8. The molecule has 0 atom stereocenters. The molecule has 9 heteroatoms. The first-order chi connectivity index (χ1) is 12.3. The van der Waals surface area contributed by atoms with E-state index in [4.69, 9.17) is 29.6 Å². The molecule has 1 aliphatic heterocycles.